The highest BCUT2D eigenvalue weighted by atomic mass is 16.5. The van der Waals surface area contributed by atoms with Crippen LogP contribution in [-0.4, -0.2) is 11.6 Å². The van der Waals surface area contributed by atoms with Crippen molar-refractivity contribution in [1.29, 1.82) is 0 Å². The van der Waals surface area contributed by atoms with Crippen molar-refractivity contribution in [2.75, 3.05) is 11.9 Å². The number of aromatic nitrogens is 1. The molecule has 3 rings (SSSR count). The van der Waals surface area contributed by atoms with E-state index in [9.17, 15) is 0 Å². The molecule has 0 bridgehead atoms. The Hall–Kier alpha value is -2.03. The van der Waals surface area contributed by atoms with E-state index in [0.717, 1.165) is 24.3 Å². The molecule has 1 aromatic heterocycles. The van der Waals surface area contributed by atoms with Crippen LogP contribution in [0.4, 0.5) is 5.69 Å². The standard InChI is InChI=1S/C17H20N2O/c1-3-20-16-11-12(2)6-8-14(16)19-15-9-7-13-5-4-10-18-17(13)15/h4-6,8,10-11,15,19H,3,7,9H2,1-2H3. The highest BCUT2D eigenvalue weighted by Gasteiger charge is 2.24. The first-order chi connectivity index (χ1) is 9.78. The van der Waals surface area contributed by atoms with Crippen LogP contribution in [0, 0.1) is 6.92 Å². The summed E-state index contributed by atoms with van der Waals surface area (Å²) in [6.45, 7) is 4.77. The zero-order valence-corrected chi connectivity index (χ0v) is 12.0. The molecule has 1 aliphatic rings. The van der Waals surface area contributed by atoms with Crippen molar-refractivity contribution in [2.45, 2.75) is 32.7 Å². The number of fused-ring (bicyclic) bond motifs is 1. The lowest BCUT2D eigenvalue weighted by molar-refractivity contribution is 0.341. The minimum atomic E-state index is 0.285. The van der Waals surface area contributed by atoms with Crippen LogP contribution in [0.1, 0.15) is 36.2 Å². The predicted molar refractivity (Wildman–Crippen MR) is 81.3 cm³/mol. The van der Waals surface area contributed by atoms with Gasteiger partial charge in [0.05, 0.1) is 24.0 Å². The van der Waals surface area contributed by atoms with Gasteiger partial charge in [-0.1, -0.05) is 12.1 Å². The molecule has 1 aliphatic carbocycles. The Labute approximate surface area is 120 Å². The van der Waals surface area contributed by atoms with Gasteiger partial charge in [0, 0.05) is 6.20 Å². The van der Waals surface area contributed by atoms with Gasteiger partial charge in [-0.15, -0.1) is 0 Å². The van der Waals surface area contributed by atoms with Crippen LogP contribution in [0.3, 0.4) is 0 Å². The van der Waals surface area contributed by atoms with Crippen molar-refractivity contribution in [2.24, 2.45) is 0 Å². The third-order valence-electron chi connectivity index (χ3n) is 3.73. The Kier molecular flexibility index (Phi) is 3.59. The molecule has 3 nitrogen and oxygen atoms in total. The van der Waals surface area contributed by atoms with Gasteiger partial charge in [0.25, 0.3) is 0 Å². The van der Waals surface area contributed by atoms with Crippen molar-refractivity contribution in [3.05, 3.63) is 53.3 Å². The average molecular weight is 268 g/mol. The van der Waals surface area contributed by atoms with Crippen LogP contribution in [0.15, 0.2) is 36.5 Å². The summed E-state index contributed by atoms with van der Waals surface area (Å²) in [6, 6.07) is 10.8. The number of pyridine rings is 1. The molecule has 0 amide bonds. The van der Waals surface area contributed by atoms with Crippen LogP contribution < -0.4 is 10.1 Å². The van der Waals surface area contributed by atoms with E-state index in [1.165, 1.54) is 16.8 Å². The van der Waals surface area contributed by atoms with Gasteiger partial charge in [-0.3, -0.25) is 4.98 Å². The molecule has 1 unspecified atom stereocenters. The third kappa shape index (κ3) is 2.48. The number of anilines is 1. The molecule has 20 heavy (non-hydrogen) atoms. The molecule has 0 aliphatic heterocycles. The number of ether oxygens (including phenoxy) is 1. The molecule has 1 N–H and O–H groups in total. The molecular weight excluding hydrogens is 248 g/mol. The van der Waals surface area contributed by atoms with Crippen molar-refractivity contribution in [3.8, 4) is 5.75 Å². The first-order valence-corrected chi connectivity index (χ1v) is 7.21. The van der Waals surface area contributed by atoms with Gasteiger partial charge < -0.3 is 10.1 Å². The molecule has 0 fully saturated rings. The van der Waals surface area contributed by atoms with Gasteiger partial charge in [-0.05, 0) is 56.0 Å². The molecule has 0 spiro atoms. The van der Waals surface area contributed by atoms with E-state index < -0.39 is 0 Å². The van der Waals surface area contributed by atoms with E-state index in [0.29, 0.717) is 6.61 Å². The molecule has 1 atom stereocenters. The van der Waals surface area contributed by atoms with Gasteiger partial charge in [0.15, 0.2) is 0 Å². The summed E-state index contributed by atoms with van der Waals surface area (Å²) in [4.78, 5) is 4.53. The van der Waals surface area contributed by atoms with Gasteiger partial charge in [-0.2, -0.15) is 0 Å². The van der Waals surface area contributed by atoms with Crippen LogP contribution in [-0.2, 0) is 6.42 Å². The summed E-state index contributed by atoms with van der Waals surface area (Å²) in [6.07, 6.45) is 4.06. The first-order valence-electron chi connectivity index (χ1n) is 7.21. The maximum Gasteiger partial charge on any atom is 0.142 e. The minimum absolute atomic E-state index is 0.285. The molecule has 1 heterocycles. The maximum absolute atomic E-state index is 5.73. The predicted octanol–water partition coefficient (Wildman–Crippen LogP) is 3.89. The number of aryl methyl sites for hydroxylation is 2. The molecule has 104 valence electrons. The number of benzene rings is 1. The lowest BCUT2D eigenvalue weighted by Gasteiger charge is -2.18. The van der Waals surface area contributed by atoms with E-state index in [1.807, 2.05) is 19.2 Å². The maximum atomic E-state index is 5.73. The fourth-order valence-corrected chi connectivity index (χ4v) is 2.76. The molecule has 2 aromatic rings. The summed E-state index contributed by atoms with van der Waals surface area (Å²) in [5, 5.41) is 3.59. The van der Waals surface area contributed by atoms with E-state index in [1.54, 1.807) is 0 Å². The lowest BCUT2D eigenvalue weighted by Crippen LogP contribution is -2.10. The first kappa shape index (κ1) is 13.0. The summed E-state index contributed by atoms with van der Waals surface area (Å²) >= 11 is 0. The SMILES string of the molecule is CCOc1cc(C)ccc1NC1CCc2cccnc21. The van der Waals surface area contributed by atoms with Crippen molar-refractivity contribution < 1.29 is 4.74 Å². The van der Waals surface area contributed by atoms with E-state index >= 15 is 0 Å². The Morgan fingerprint density at radius 2 is 2.25 bits per heavy atom. The fraction of sp³-hybridized carbons (Fsp3) is 0.353. The van der Waals surface area contributed by atoms with Crippen LogP contribution in [0.25, 0.3) is 0 Å². The van der Waals surface area contributed by atoms with Crippen LogP contribution in [0.5, 0.6) is 5.75 Å². The zero-order chi connectivity index (χ0) is 13.9. The fourth-order valence-electron chi connectivity index (χ4n) is 2.76. The van der Waals surface area contributed by atoms with E-state index in [2.05, 4.69) is 41.5 Å². The number of hydrogen-bond acceptors (Lipinski definition) is 3. The number of hydrogen-bond donors (Lipinski definition) is 1. The molecule has 3 heteroatoms. The molecule has 0 saturated heterocycles. The van der Waals surface area contributed by atoms with Crippen molar-refractivity contribution in [1.82, 2.24) is 4.98 Å². The highest BCUT2D eigenvalue weighted by molar-refractivity contribution is 5.59. The Bertz CT molecular complexity index is 610. The number of nitrogens with zero attached hydrogens (tertiary/aromatic N) is 1. The zero-order valence-electron chi connectivity index (χ0n) is 12.0. The molecule has 1 aromatic carbocycles. The molecular formula is C17H20N2O. The normalized spacial score (nSPS) is 16.8. The smallest absolute Gasteiger partial charge is 0.142 e. The Morgan fingerprint density at radius 1 is 1.35 bits per heavy atom. The summed E-state index contributed by atoms with van der Waals surface area (Å²) in [7, 11) is 0. The van der Waals surface area contributed by atoms with Crippen molar-refractivity contribution in [3.63, 3.8) is 0 Å². The van der Waals surface area contributed by atoms with Gasteiger partial charge in [-0.25, -0.2) is 0 Å². The number of nitrogens with one attached hydrogen (secondary N) is 1. The number of rotatable bonds is 4. The highest BCUT2D eigenvalue weighted by Crippen LogP contribution is 2.35. The summed E-state index contributed by atoms with van der Waals surface area (Å²) < 4.78 is 5.73. The Balaban J connectivity index is 1.85. The van der Waals surface area contributed by atoms with Crippen molar-refractivity contribution >= 4 is 5.69 Å². The quantitative estimate of drug-likeness (QED) is 0.913. The molecule has 0 saturated carbocycles. The summed E-state index contributed by atoms with van der Waals surface area (Å²) in [5.41, 5.74) is 4.80. The van der Waals surface area contributed by atoms with Gasteiger partial charge in [0.1, 0.15) is 5.75 Å². The average Bonchev–Trinajstić information content (AvgIpc) is 2.86. The van der Waals surface area contributed by atoms with Crippen LogP contribution >= 0.6 is 0 Å². The molecule has 0 radical (unpaired) electrons. The largest absolute Gasteiger partial charge is 0.492 e. The topological polar surface area (TPSA) is 34.1 Å². The van der Waals surface area contributed by atoms with E-state index in [4.69, 9.17) is 4.74 Å². The second-order valence-electron chi connectivity index (χ2n) is 5.22. The van der Waals surface area contributed by atoms with Gasteiger partial charge in [0.2, 0.25) is 0 Å². The van der Waals surface area contributed by atoms with Crippen LogP contribution in [0.2, 0.25) is 0 Å². The van der Waals surface area contributed by atoms with Gasteiger partial charge >= 0.3 is 0 Å². The second-order valence-corrected chi connectivity index (χ2v) is 5.22. The van der Waals surface area contributed by atoms with E-state index in [-0.39, 0.29) is 6.04 Å². The summed E-state index contributed by atoms with van der Waals surface area (Å²) in [5.74, 6) is 0.928. The minimum Gasteiger partial charge on any atom is -0.492 e. The lowest BCUT2D eigenvalue weighted by atomic mass is 10.1. The monoisotopic (exact) mass is 268 g/mol. The second kappa shape index (κ2) is 5.53. The third-order valence-corrected chi connectivity index (χ3v) is 3.73. The Morgan fingerprint density at radius 3 is 3.10 bits per heavy atom.